The van der Waals surface area contributed by atoms with Crippen molar-refractivity contribution in [3.8, 4) is 0 Å². The second kappa shape index (κ2) is 10.5. The molecular weight excluding hydrogens is 352 g/mol. The molecule has 0 aliphatic heterocycles. The minimum atomic E-state index is -0.402. The summed E-state index contributed by atoms with van der Waals surface area (Å²) in [6.07, 6.45) is 0.369. The first-order valence-electron chi connectivity index (χ1n) is 8.43. The Kier molecular flexibility index (Phi) is 8.71. The third-order valence-corrected chi connectivity index (χ3v) is 3.60. The van der Waals surface area contributed by atoms with Crippen molar-refractivity contribution in [3.05, 3.63) is 29.3 Å². The second-order valence-electron chi connectivity index (χ2n) is 6.51. The molecule has 3 amide bonds. The fourth-order valence-corrected chi connectivity index (χ4v) is 2.33. The molecule has 1 rings (SSSR count). The molecule has 26 heavy (non-hydrogen) atoms. The Morgan fingerprint density at radius 3 is 2.27 bits per heavy atom. The molecule has 8 heteroatoms. The number of anilines is 1. The molecular formula is C18H26N4O3S. The molecule has 0 spiro atoms. The lowest BCUT2D eigenvalue weighted by Crippen LogP contribution is -2.48. The molecule has 0 bridgehead atoms. The van der Waals surface area contributed by atoms with Gasteiger partial charge in [0.05, 0.1) is 0 Å². The van der Waals surface area contributed by atoms with Crippen LogP contribution in [-0.2, 0) is 14.4 Å². The van der Waals surface area contributed by atoms with Crippen molar-refractivity contribution in [2.75, 3.05) is 5.32 Å². The number of benzene rings is 1. The van der Waals surface area contributed by atoms with Crippen LogP contribution in [-0.4, -0.2) is 22.8 Å². The number of nitrogens with one attached hydrogen (secondary N) is 4. The molecule has 142 valence electrons. The fourth-order valence-electron chi connectivity index (χ4n) is 2.16. The number of hydrogen-bond donors (Lipinski definition) is 4. The van der Waals surface area contributed by atoms with Gasteiger partial charge in [-0.1, -0.05) is 31.5 Å². The maximum atomic E-state index is 11.9. The minimum Gasteiger partial charge on any atom is -0.326 e. The van der Waals surface area contributed by atoms with Crippen LogP contribution in [0.25, 0.3) is 0 Å². The zero-order chi connectivity index (χ0) is 19.7. The molecule has 0 saturated carbocycles. The smallest absolute Gasteiger partial charge is 0.238 e. The highest BCUT2D eigenvalue weighted by atomic mass is 32.1. The Morgan fingerprint density at radius 1 is 1.00 bits per heavy atom. The van der Waals surface area contributed by atoms with Crippen LogP contribution in [0, 0.1) is 19.8 Å². The first-order chi connectivity index (χ1) is 12.2. The van der Waals surface area contributed by atoms with Crippen molar-refractivity contribution in [3.63, 3.8) is 0 Å². The number of hydrogen-bond acceptors (Lipinski definition) is 4. The molecule has 0 aliphatic carbocycles. The summed E-state index contributed by atoms with van der Waals surface area (Å²) in [5.74, 6) is -0.663. The van der Waals surface area contributed by atoms with Crippen LogP contribution in [0.1, 0.15) is 44.2 Å². The van der Waals surface area contributed by atoms with E-state index in [1.165, 1.54) is 0 Å². The predicted molar refractivity (Wildman–Crippen MR) is 105 cm³/mol. The van der Waals surface area contributed by atoms with E-state index in [4.69, 9.17) is 12.2 Å². The molecule has 4 N–H and O–H groups in total. The van der Waals surface area contributed by atoms with Crippen LogP contribution in [0.3, 0.4) is 0 Å². The van der Waals surface area contributed by atoms with E-state index in [0.717, 1.165) is 16.8 Å². The second-order valence-corrected chi connectivity index (χ2v) is 6.92. The fraction of sp³-hybridized carbons (Fsp3) is 0.444. The summed E-state index contributed by atoms with van der Waals surface area (Å²) < 4.78 is 0. The van der Waals surface area contributed by atoms with Crippen molar-refractivity contribution >= 4 is 40.7 Å². The summed E-state index contributed by atoms with van der Waals surface area (Å²) in [7, 11) is 0. The first-order valence-corrected chi connectivity index (χ1v) is 8.84. The molecule has 7 nitrogen and oxygen atoms in total. The number of thiocarbonyl (C=S) groups is 1. The van der Waals surface area contributed by atoms with Crippen LogP contribution >= 0.6 is 12.2 Å². The summed E-state index contributed by atoms with van der Waals surface area (Å²) in [4.78, 5) is 35.2. The number of carbonyl (C=O) groups is 3. The van der Waals surface area contributed by atoms with Gasteiger partial charge in [0, 0.05) is 24.9 Å². The predicted octanol–water partition coefficient (Wildman–Crippen LogP) is 2.09. The Balaban J connectivity index is 2.30. The van der Waals surface area contributed by atoms with Crippen LogP contribution in [0.15, 0.2) is 18.2 Å². The summed E-state index contributed by atoms with van der Waals surface area (Å²) >= 11 is 4.91. The van der Waals surface area contributed by atoms with Gasteiger partial charge in [0.2, 0.25) is 17.7 Å². The van der Waals surface area contributed by atoms with Gasteiger partial charge in [-0.3, -0.25) is 25.2 Å². The lowest BCUT2D eigenvalue weighted by atomic mass is 10.1. The van der Waals surface area contributed by atoms with E-state index in [1.54, 1.807) is 0 Å². The Morgan fingerprint density at radius 2 is 1.65 bits per heavy atom. The number of amides is 3. The van der Waals surface area contributed by atoms with E-state index >= 15 is 0 Å². The van der Waals surface area contributed by atoms with E-state index in [9.17, 15) is 14.4 Å². The lowest BCUT2D eigenvalue weighted by molar-refractivity contribution is -0.124. The zero-order valence-electron chi connectivity index (χ0n) is 15.6. The molecule has 0 fully saturated rings. The van der Waals surface area contributed by atoms with Gasteiger partial charge in [-0.2, -0.15) is 0 Å². The van der Waals surface area contributed by atoms with Crippen molar-refractivity contribution in [1.82, 2.24) is 16.2 Å². The highest BCUT2D eigenvalue weighted by Crippen LogP contribution is 2.16. The van der Waals surface area contributed by atoms with E-state index in [0.29, 0.717) is 6.42 Å². The third-order valence-electron chi connectivity index (χ3n) is 3.40. The highest BCUT2D eigenvalue weighted by molar-refractivity contribution is 7.80. The minimum absolute atomic E-state index is 0.00764. The Hall–Kier alpha value is -2.48. The average molecular weight is 378 g/mol. The monoisotopic (exact) mass is 378 g/mol. The van der Waals surface area contributed by atoms with E-state index in [2.05, 4.69) is 21.5 Å². The van der Waals surface area contributed by atoms with Crippen molar-refractivity contribution in [2.45, 2.75) is 47.0 Å². The van der Waals surface area contributed by atoms with Gasteiger partial charge in [0.1, 0.15) is 0 Å². The molecule has 0 atom stereocenters. The average Bonchev–Trinajstić information content (AvgIpc) is 2.52. The number of carbonyl (C=O) groups excluding carboxylic acids is 3. The van der Waals surface area contributed by atoms with Crippen molar-refractivity contribution in [1.29, 1.82) is 0 Å². The summed E-state index contributed by atoms with van der Waals surface area (Å²) in [6, 6.07) is 5.72. The SMILES string of the molecule is Cc1ccc(NC(=O)CCC(=O)NNC(=S)NC(=O)CC(C)C)c(C)c1. The summed E-state index contributed by atoms with van der Waals surface area (Å²) in [5, 5.41) is 5.26. The molecule has 0 saturated heterocycles. The lowest BCUT2D eigenvalue weighted by Gasteiger charge is -2.12. The molecule has 0 unspecified atom stereocenters. The Labute approximate surface area is 159 Å². The maximum Gasteiger partial charge on any atom is 0.238 e. The zero-order valence-corrected chi connectivity index (χ0v) is 16.4. The molecule has 0 heterocycles. The van der Waals surface area contributed by atoms with Gasteiger partial charge in [-0.15, -0.1) is 0 Å². The van der Waals surface area contributed by atoms with Crippen molar-refractivity contribution < 1.29 is 14.4 Å². The third kappa shape index (κ3) is 8.57. The van der Waals surface area contributed by atoms with Gasteiger partial charge in [-0.05, 0) is 43.6 Å². The summed E-state index contributed by atoms with van der Waals surface area (Å²) in [5.41, 5.74) is 7.61. The topological polar surface area (TPSA) is 99.3 Å². The molecule has 0 aliphatic rings. The quantitative estimate of drug-likeness (QED) is 0.449. The number of rotatable bonds is 6. The van der Waals surface area contributed by atoms with Crippen LogP contribution in [0.2, 0.25) is 0 Å². The van der Waals surface area contributed by atoms with E-state index in [1.807, 2.05) is 45.9 Å². The largest absolute Gasteiger partial charge is 0.326 e. The standard InChI is InChI=1S/C18H26N4O3S/c1-11(2)9-17(25)20-18(26)22-21-16(24)8-7-15(23)19-14-6-5-12(3)10-13(14)4/h5-6,10-11H,7-9H2,1-4H3,(H,19,23)(H,21,24)(H2,20,22,25,26). The van der Waals surface area contributed by atoms with Gasteiger partial charge >= 0.3 is 0 Å². The first kappa shape index (κ1) is 21.6. The van der Waals surface area contributed by atoms with Crippen LogP contribution in [0.5, 0.6) is 0 Å². The summed E-state index contributed by atoms with van der Waals surface area (Å²) in [6.45, 7) is 7.72. The normalized spacial score (nSPS) is 10.2. The van der Waals surface area contributed by atoms with Gasteiger partial charge in [-0.25, -0.2) is 0 Å². The molecule has 0 aromatic heterocycles. The Bertz CT molecular complexity index is 689. The van der Waals surface area contributed by atoms with Crippen molar-refractivity contribution in [2.24, 2.45) is 5.92 Å². The van der Waals surface area contributed by atoms with Crippen LogP contribution < -0.4 is 21.5 Å². The van der Waals surface area contributed by atoms with Gasteiger partial charge in [0.25, 0.3) is 0 Å². The number of aryl methyl sites for hydroxylation is 2. The molecule has 0 radical (unpaired) electrons. The van der Waals surface area contributed by atoms with Gasteiger partial charge in [0.15, 0.2) is 5.11 Å². The highest BCUT2D eigenvalue weighted by Gasteiger charge is 2.10. The molecule has 1 aromatic rings. The van der Waals surface area contributed by atoms with Gasteiger partial charge < -0.3 is 10.6 Å². The molecule has 1 aromatic carbocycles. The maximum absolute atomic E-state index is 11.9. The number of hydrazine groups is 1. The van der Waals surface area contributed by atoms with E-state index in [-0.39, 0.29) is 35.7 Å². The van der Waals surface area contributed by atoms with E-state index < -0.39 is 5.91 Å². The van der Waals surface area contributed by atoms with Crippen LogP contribution in [0.4, 0.5) is 5.69 Å².